The number of nitrogens with one attached hydrogen (secondary N) is 1. The SMILES string of the molecule is O=C(NCc1ccccc1)N1CCC[C@@H]1C(=O)N1CCC[C@H]1C(O)COCc1ccccc1. The third kappa shape index (κ3) is 5.92. The fourth-order valence-electron chi connectivity index (χ4n) is 4.78. The molecule has 2 saturated heterocycles. The molecule has 2 heterocycles. The normalized spacial score (nSPS) is 21.2. The monoisotopic (exact) mass is 451 g/mol. The highest BCUT2D eigenvalue weighted by Crippen LogP contribution is 2.26. The molecule has 0 bridgehead atoms. The number of hydrogen-bond donors (Lipinski definition) is 2. The van der Waals surface area contributed by atoms with E-state index in [0.29, 0.717) is 32.7 Å². The first-order valence-electron chi connectivity index (χ1n) is 11.8. The van der Waals surface area contributed by atoms with Gasteiger partial charge in [0.15, 0.2) is 0 Å². The summed E-state index contributed by atoms with van der Waals surface area (Å²) in [5.74, 6) is -0.0630. The zero-order chi connectivity index (χ0) is 23.0. The van der Waals surface area contributed by atoms with Crippen LogP contribution < -0.4 is 5.32 Å². The van der Waals surface area contributed by atoms with Crippen LogP contribution in [0.15, 0.2) is 60.7 Å². The number of likely N-dealkylation sites (tertiary alicyclic amines) is 2. The Morgan fingerprint density at radius 3 is 2.30 bits per heavy atom. The van der Waals surface area contributed by atoms with Gasteiger partial charge in [-0.15, -0.1) is 0 Å². The molecule has 2 aliphatic rings. The van der Waals surface area contributed by atoms with E-state index in [-0.39, 0.29) is 24.6 Å². The van der Waals surface area contributed by atoms with E-state index >= 15 is 0 Å². The molecule has 7 heteroatoms. The number of ether oxygens (including phenoxy) is 1. The summed E-state index contributed by atoms with van der Waals surface area (Å²) in [7, 11) is 0. The minimum Gasteiger partial charge on any atom is -0.389 e. The van der Waals surface area contributed by atoms with E-state index in [1.54, 1.807) is 9.80 Å². The lowest BCUT2D eigenvalue weighted by atomic mass is 10.1. The zero-order valence-corrected chi connectivity index (χ0v) is 18.9. The molecule has 2 N–H and O–H groups in total. The van der Waals surface area contributed by atoms with E-state index in [1.165, 1.54) is 0 Å². The van der Waals surface area contributed by atoms with Gasteiger partial charge in [0.2, 0.25) is 5.91 Å². The number of carbonyl (C=O) groups is 2. The van der Waals surface area contributed by atoms with Gasteiger partial charge < -0.3 is 25.0 Å². The van der Waals surface area contributed by atoms with Crippen LogP contribution in [0, 0.1) is 0 Å². The van der Waals surface area contributed by atoms with Crippen molar-refractivity contribution in [1.29, 1.82) is 0 Å². The van der Waals surface area contributed by atoms with Gasteiger partial charge in [-0.1, -0.05) is 60.7 Å². The molecule has 2 aromatic rings. The number of benzene rings is 2. The summed E-state index contributed by atoms with van der Waals surface area (Å²) < 4.78 is 5.72. The van der Waals surface area contributed by atoms with Crippen molar-refractivity contribution < 1.29 is 19.4 Å². The molecule has 4 rings (SSSR count). The molecule has 2 aliphatic heterocycles. The van der Waals surface area contributed by atoms with Crippen LogP contribution >= 0.6 is 0 Å². The van der Waals surface area contributed by atoms with Crippen molar-refractivity contribution in [2.45, 2.75) is 57.0 Å². The molecule has 176 valence electrons. The Bertz CT molecular complexity index is 908. The number of rotatable bonds is 8. The second-order valence-corrected chi connectivity index (χ2v) is 8.81. The topological polar surface area (TPSA) is 82.1 Å². The van der Waals surface area contributed by atoms with Gasteiger partial charge in [-0.3, -0.25) is 4.79 Å². The second kappa shape index (κ2) is 11.3. The van der Waals surface area contributed by atoms with Crippen molar-refractivity contribution in [2.24, 2.45) is 0 Å². The van der Waals surface area contributed by atoms with E-state index in [0.717, 1.165) is 30.4 Å². The zero-order valence-electron chi connectivity index (χ0n) is 18.9. The Morgan fingerprint density at radius 2 is 1.58 bits per heavy atom. The minimum atomic E-state index is -0.748. The van der Waals surface area contributed by atoms with Gasteiger partial charge >= 0.3 is 6.03 Å². The maximum absolute atomic E-state index is 13.4. The third-order valence-electron chi connectivity index (χ3n) is 6.51. The molecule has 0 aliphatic carbocycles. The quantitative estimate of drug-likeness (QED) is 0.647. The molecule has 1 unspecified atom stereocenters. The maximum atomic E-state index is 13.4. The summed E-state index contributed by atoms with van der Waals surface area (Å²) in [6.07, 6.45) is 2.30. The highest BCUT2D eigenvalue weighted by Gasteiger charge is 2.41. The third-order valence-corrected chi connectivity index (χ3v) is 6.51. The van der Waals surface area contributed by atoms with E-state index in [4.69, 9.17) is 4.74 Å². The van der Waals surface area contributed by atoms with E-state index in [1.807, 2.05) is 60.7 Å². The summed E-state index contributed by atoms with van der Waals surface area (Å²) >= 11 is 0. The molecular weight excluding hydrogens is 418 g/mol. The molecule has 33 heavy (non-hydrogen) atoms. The summed E-state index contributed by atoms with van der Waals surface area (Å²) in [5, 5.41) is 13.7. The number of nitrogens with zero attached hydrogens (tertiary/aromatic N) is 2. The number of aliphatic hydroxyl groups is 1. The number of amides is 3. The van der Waals surface area contributed by atoms with Crippen LogP contribution in [0.1, 0.15) is 36.8 Å². The maximum Gasteiger partial charge on any atom is 0.318 e. The van der Waals surface area contributed by atoms with Crippen LogP contribution in [0.2, 0.25) is 0 Å². The van der Waals surface area contributed by atoms with Crippen molar-refractivity contribution in [3.63, 3.8) is 0 Å². The Morgan fingerprint density at radius 1 is 0.939 bits per heavy atom. The summed E-state index contributed by atoms with van der Waals surface area (Å²) in [5.41, 5.74) is 2.07. The molecule has 2 fully saturated rings. The van der Waals surface area contributed by atoms with Crippen molar-refractivity contribution in [1.82, 2.24) is 15.1 Å². The average Bonchev–Trinajstić information content (AvgIpc) is 3.54. The molecule has 3 atom stereocenters. The number of carbonyl (C=O) groups excluding carboxylic acids is 2. The lowest BCUT2D eigenvalue weighted by Gasteiger charge is -2.33. The first-order valence-corrected chi connectivity index (χ1v) is 11.8. The van der Waals surface area contributed by atoms with Crippen LogP contribution in [-0.4, -0.2) is 64.7 Å². The van der Waals surface area contributed by atoms with Gasteiger partial charge in [0.1, 0.15) is 6.04 Å². The molecular formula is C26H33N3O4. The molecule has 7 nitrogen and oxygen atoms in total. The molecule has 2 aromatic carbocycles. The molecule has 0 saturated carbocycles. The van der Waals surface area contributed by atoms with Crippen LogP contribution in [-0.2, 0) is 22.7 Å². The van der Waals surface area contributed by atoms with Crippen molar-refractivity contribution >= 4 is 11.9 Å². The Kier molecular flexibility index (Phi) is 7.96. The molecule has 0 aromatic heterocycles. The van der Waals surface area contributed by atoms with Gasteiger partial charge in [-0.2, -0.15) is 0 Å². The lowest BCUT2D eigenvalue weighted by Crippen LogP contribution is -2.54. The smallest absolute Gasteiger partial charge is 0.318 e. The molecule has 3 amide bonds. The predicted molar refractivity (Wildman–Crippen MR) is 125 cm³/mol. The van der Waals surface area contributed by atoms with Crippen LogP contribution in [0.25, 0.3) is 0 Å². The van der Waals surface area contributed by atoms with Crippen molar-refractivity contribution in [3.05, 3.63) is 71.8 Å². The Hall–Kier alpha value is -2.90. The Balaban J connectivity index is 1.31. The minimum absolute atomic E-state index is 0.0630. The summed E-state index contributed by atoms with van der Waals surface area (Å²) in [6.45, 7) is 2.21. The highest BCUT2D eigenvalue weighted by molar-refractivity contribution is 5.88. The van der Waals surface area contributed by atoms with E-state index in [9.17, 15) is 14.7 Å². The first kappa shape index (κ1) is 23.3. The fraction of sp³-hybridized carbons (Fsp3) is 0.462. The highest BCUT2D eigenvalue weighted by atomic mass is 16.5. The number of hydrogen-bond acceptors (Lipinski definition) is 4. The standard InChI is InChI=1S/C26H33N3O4/c30-24(19-33-18-21-11-5-2-6-12-21)22-13-7-15-28(22)25(31)23-14-8-16-29(23)26(32)27-17-20-9-3-1-4-10-20/h1-6,9-12,22-24,30H,7-8,13-19H2,(H,27,32)/t22-,23+,24?/m0/s1. The van der Waals surface area contributed by atoms with Crippen LogP contribution in [0.5, 0.6) is 0 Å². The van der Waals surface area contributed by atoms with Gasteiger partial charge in [0, 0.05) is 19.6 Å². The van der Waals surface area contributed by atoms with Crippen LogP contribution in [0.4, 0.5) is 4.79 Å². The van der Waals surface area contributed by atoms with Gasteiger partial charge in [0.25, 0.3) is 0 Å². The predicted octanol–water partition coefficient (Wildman–Crippen LogP) is 2.93. The fourth-order valence-corrected chi connectivity index (χ4v) is 4.78. The van der Waals surface area contributed by atoms with Crippen molar-refractivity contribution in [2.75, 3.05) is 19.7 Å². The number of aliphatic hydroxyl groups excluding tert-OH is 1. The average molecular weight is 452 g/mol. The lowest BCUT2D eigenvalue weighted by molar-refractivity contribution is -0.139. The van der Waals surface area contributed by atoms with Gasteiger partial charge in [-0.05, 0) is 36.8 Å². The first-order chi connectivity index (χ1) is 16.1. The second-order valence-electron chi connectivity index (χ2n) is 8.81. The molecule has 0 radical (unpaired) electrons. The molecule has 0 spiro atoms. The summed E-state index contributed by atoms with van der Waals surface area (Å²) in [4.78, 5) is 29.6. The largest absolute Gasteiger partial charge is 0.389 e. The van der Waals surface area contributed by atoms with E-state index < -0.39 is 12.1 Å². The Labute approximate surface area is 195 Å². The van der Waals surface area contributed by atoms with Gasteiger partial charge in [-0.25, -0.2) is 4.79 Å². The van der Waals surface area contributed by atoms with E-state index in [2.05, 4.69) is 5.32 Å². The van der Waals surface area contributed by atoms with Gasteiger partial charge in [0.05, 0.1) is 25.4 Å². The number of urea groups is 1. The van der Waals surface area contributed by atoms with Crippen molar-refractivity contribution in [3.8, 4) is 0 Å². The van der Waals surface area contributed by atoms with Crippen LogP contribution in [0.3, 0.4) is 0 Å². The summed E-state index contributed by atoms with van der Waals surface area (Å²) in [6, 6.07) is 18.6.